The molecule has 0 aromatic heterocycles. The number of carbonyl (C=O) groups is 1. The number of likely N-dealkylation sites (tertiary alicyclic amines) is 1. The van der Waals surface area contributed by atoms with Crippen molar-refractivity contribution in [2.45, 2.75) is 58.4 Å². The van der Waals surface area contributed by atoms with Gasteiger partial charge in [0.25, 0.3) is 0 Å². The summed E-state index contributed by atoms with van der Waals surface area (Å²) in [5.74, 6) is 1.00. The van der Waals surface area contributed by atoms with Crippen LogP contribution in [0.2, 0.25) is 0 Å². The first-order valence-electron chi connectivity index (χ1n) is 7.08. The smallest absolute Gasteiger partial charge is 0.228 e. The van der Waals surface area contributed by atoms with Gasteiger partial charge in [0.2, 0.25) is 5.91 Å². The quantitative estimate of drug-likeness (QED) is 0.860. The summed E-state index contributed by atoms with van der Waals surface area (Å²) in [6, 6.07) is 0.205. The fraction of sp³-hybridized carbons (Fsp3) is 0.929. The summed E-state index contributed by atoms with van der Waals surface area (Å²) in [7, 11) is 0. The maximum atomic E-state index is 12.7. The molecule has 3 nitrogen and oxygen atoms in total. The molecular weight excluding hydrogens is 248 g/mol. The number of rotatable bonds is 3. The van der Waals surface area contributed by atoms with Crippen LogP contribution in [-0.4, -0.2) is 29.9 Å². The summed E-state index contributed by atoms with van der Waals surface area (Å²) in [4.78, 5) is 14.7. The number of hydrogen-bond acceptors (Lipinski definition) is 2. The highest BCUT2D eigenvalue weighted by atomic mass is 35.5. The summed E-state index contributed by atoms with van der Waals surface area (Å²) in [5, 5.41) is 0. The molecule has 1 aliphatic carbocycles. The lowest BCUT2D eigenvalue weighted by atomic mass is 9.77. The standard InChI is InChI=1S/C14H26N2O.ClH/c1-11(2)9-14(6-3-4-7-14)13(17)16-8-5-12(15)10-16;/h11-12H,3-10,15H2,1-2H3;1H/t12-;/m1./s1. The van der Waals surface area contributed by atoms with Gasteiger partial charge in [-0.15, -0.1) is 12.4 Å². The van der Waals surface area contributed by atoms with Crippen LogP contribution in [0.15, 0.2) is 0 Å². The van der Waals surface area contributed by atoms with Crippen molar-refractivity contribution < 1.29 is 4.79 Å². The highest BCUT2D eigenvalue weighted by molar-refractivity contribution is 5.85. The average molecular weight is 275 g/mol. The number of carbonyl (C=O) groups excluding carboxylic acids is 1. The molecule has 2 fully saturated rings. The predicted molar refractivity (Wildman–Crippen MR) is 76.8 cm³/mol. The molecule has 1 amide bonds. The normalized spacial score (nSPS) is 26.4. The van der Waals surface area contributed by atoms with Crippen molar-refractivity contribution in [3.05, 3.63) is 0 Å². The highest BCUT2D eigenvalue weighted by Crippen LogP contribution is 2.45. The SMILES string of the molecule is CC(C)CC1(C(=O)N2CC[C@@H](N)C2)CCCC1.Cl. The molecule has 2 rings (SSSR count). The molecule has 1 saturated carbocycles. The van der Waals surface area contributed by atoms with E-state index in [-0.39, 0.29) is 23.9 Å². The number of nitrogens with two attached hydrogens (primary N) is 1. The first kappa shape index (κ1) is 15.8. The van der Waals surface area contributed by atoms with Crippen molar-refractivity contribution in [2.75, 3.05) is 13.1 Å². The molecule has 0 radical (unpaired) electrons. The van der Waals surface area contributed by atoms with Gasteiger partial charge < -0.3 is 10.6 Å². The Bertz CT molecular complexity index is 288. The molecule has 1 atom stereocenters. The van der Waals surface area contributed by atoms with Crippen LogP contribution in [0.25, 0.3) is 0 Å². The van der Waals surface area contributed by atoms with E-state index in [1.165, 1.54) is 12.8 Å². The van der Waals surface area contributed by atoms with Crippen molar-refractivity contribution >= 4 is 18.3 Å². The zero-order chi connectivity index (χ0) is 12.5. The Morgan fingerprint density at radius 2 is 2.00 bits per heavy atom. The fourth-order valence-electron chi connectivity index (χ4n) is 3.65. The topological polar surface area (TPSA) is 46.3 Å². The summed E-state index contributed by atoms with van der Waals surface area (Å²) in [6.07, 6.45) is 6.66. The first-order chi connectivity index (χ1) is 8.03. The molecule has 0 aromatic rings. The summed E-state index contributed by atoms with van der Waals surface area (Å²) >= 11 is 0. The second kappa shape index (κ2) is 6.25. The van der Waals surface area contributed by atoms with Crippen molar-refractivity contribution in [1.29, 1.82) is 0 Å². The van der Waals surface area contributed by atoms with Gasteiger partial charge in [0, 0.05) is 24.5 Å². The lowest BCUT2D eigenvalue weighted by Crippen LogP contribution is -2.43. The number of hydrogen-bond donors (Lipinski definition) is 1. The van der Waals surface area contributed by atoms with Gasteiger partial charge >= 0.3 is 0 Å². The predicted octanol–water partition coefficient (Wildman–Crippen LogP) is 2.57. The first-order valence-corrected chi connectivity index (χ1v) is 7.08. The largest absolute Gasteiger partial charge is 0.341 e. The third-order valence-electron chi connectivity index (χ3n) is 4.33. The molecule has 2 aliphatic rings. The van der Waals surface area contributed by atoms with Crippen LogP contribution in [0.4, 0.5) is 0 Å². The molecule has 4 heteroatoms. The molecule has 106 valence electrons. The van der Waals surface area contributed by atoms with E-state index in [4.69, 9.17) is 5.73 Å². The molecule has 1 saturated heterocycles. The zero-order valence-corrected chi connectivity index (χ0v) is 12.5. The van der Waals surface area contributed by atoms with E-state index in [0.717, 1.165) is 38.8 Å². The van der Waals surface area contributed by atoms with Crippen LogP contribution >= 0.6 is 12.4 Å². The van der Waals surface area contributed by atoms with E-state index in [9.17, 15) is 4.79 Å². The van der Waals surface area contributed by atoms with Crippen LogP contribution in [-0.2, 0) is 4.79 Å². The Hall–Kier alpha value is -0.280. The second-order valence-corrected chi connectivity index (χ2v) is 6.39. The van der Waals surface area contributed by atoms with Crippen LogP contribution < -0.4 is 5.73 Å². The molecule has 0 bridgehead atoms. The lowest BCUT2D eigenvalue weighted by molar-refractivity contribution is -0.141. The second-order valence-electron chi connectivity index (χ2n) is 6.39. The average Bonchev–Trinajstić information content (AvgIpc) is 2.86. The molecule has 18 heavy (non-hydrogen) atoms. The lowest BCUT2D eigenvalue weighted by Gasteiger charge is -2.33. The van der Waals surface area contributed by atoms with Crippen LogP contribution in [0.1, 0.15) is 52.4 Å². The van der Waals surface area contributed by atoms with Gasteiger partial charge in [-0.25, -0.2) is 0 Å². The zero-order valence-electron chi connectivity index (χ0n) is 11.7. The maximum Gasteiger partial charge on any atom is 0.228 e. The Kier molecular flexibility index (Phi) is 5.47. The minimum Gasteiger partial charge on any atom is -0.341 e. The van der Waals surface area contributed by atoms with E-state index >= 15 is 0 Å². The van der Waals surface area contributed by atoms with Crippen molar-refractivity contribution in [2.24, 2.45) is 17.1 Å². The number of nitrogens with zero attached hydrogens (tertiary/aromatic N) is 1. The van der Waals surface area contributed by atoms with E-state index in [2.05, 4.69) is 13.8 Å². The van der Waals surface area contributed by atoms with Gasteiger partial charge in [-0.3, -0.25) is 4.79 Å². The molecule has 0 unspecified atom stereocenters. The summed E-state index contributed by atoms with van der Waals surface area (Å²) in [5.41, 5.74) is 5.87. The molecule has 1 heterocycles. The molecule has 1 aliphatic heterocycles. The van der Waals surface area contributed by atoms with E-state index in [1.54, 1.807) is 0 Å². The number of halogens is 1. The summed E-state index contributed by atoms with van der Waals surface area (Å²) < 4.78 is 0. The Balaban J connectivity index is 0.00000162. The van der Waals surface area contributed by atoms with Crippen LogP contribution in [0.5, 0.6) is 0 Å². The minimum atomic E-state index is -0.0434. The third kappa shape index (κ3) is 3.18. The van der Waals surface area contributed by atoms with E-state index < -0.39 is 0 Å². The van der Waals surface area contributed by atoms with Crippen LogP contribution in [0.3, 0.4) is 0 Å². The van der Waals surface area contributed by atoms with Crippen LogP contribution in [0, 0.1) is 11.3 Å². The Morgan fingerprint density at radius 1 is 1.39 bits per heavy atom. The van der Waals surface area contributed by atoms with Gasteiger partial charge in [0.05, 0.1) is 0 Å². The van der Waals surface area contributed by atoms with Crippen molar-refractivity contribution in [1.82, 2.24) is 4.90 Å². The van der Waals surface area contributed by atoms with Crippen molar-refractivity contribution in [3.63, 3.8) is 0 Å². The van der Waals surface area contributed by atoms with Crippen molar-refractivity contribution in [3.8, 4) is 0 Å². The van der Waals surface area contributed by atoms with Gasteiger partial charge in [0.15, 0.2) is 0 Å². The Labute approximate surface area is 117 Å². The monoisotopic (exact) mass is 274 g/mol. The van der Waals surface area contributed by atoms with Gasteiger partial charge in [-0.05, 0) is 31.6 Å². The van der Waals surface area contributed by atoms with Gasteiger partial charge in [-0.2, -0.15) is 0 Å². The highest BCUT2D eigenvalue weighted by Gasteiger charge is 2.44. The molecular formula is C14H27ClN2O. The Morgan fingerprint density at radius 3 is 2.44 bits per heavy atom. The fourth-order valence-corrected chi connectivity index (χ4v) is 3.65. The maximum absolute atomic E-state index is 12.7. The molecule has 0 spiro atoms. The molecule has 0 aromatic carbocycles. The van der Waals surface area contributed by atoms with Gasteiger partial charge in [0.1, 0.15) is 0 Å². The third-order valence-corrected chi connectivity index (χ3v) is 4.33. The summed E-state index contributed by atoms with van der Waals surface area (Å²) in [6.45, 7) is 6.10. The molecule has 2 N–H and O–H groups in total. The van der Waals surface area contributed by atoms with E-state index in [0.29, 0.717) is 11.8 Å². The minimum absolute atomic E-state index is 0. The number of amides is 1. The van der Waals surface area contributed by atoms with E-state index in [1.807, 2.05) is 4.90 Å². The van der Waals surface area contributed by atoms with Gasteiger partial charge in [-0.1, -0.05) is 26.7 Å².